The first-order valence-corrected chi connectivity index (χ1v) is 36.7. The highest BCUT2D eigenvalue weighted by molar-refractivity contribution is 7.99. The summed E-state index contributed by atoms with van der Waals surface area (Å²) in [4.78, 5) is 176. The fourth-order valence-corrected chi connectivity index (χ4v) is 13.4. The van der Waals surface area contributed by atoms with E-state index in [1.165, 1.54) is 116 Å². The Labute approximate surface area is 584 Å². The molecule has 25 nitrogen and oxygen atoms in total. The van der Waals surface area contributed by atoms with Crippen LogP contribution in [0.1, 0.15) is 156 Å². The Bertz CT molecular complexity index is 2610. The molecule has 0 aromatic rings. The highest BCUT2D eigenvalue weighted by Gasteiger charge is 2.47. The zero-order valence-electron chi connectivity index (χ0n) is 63.4. The molecule has 0 bridgehead atoms. The van der Waals surface area contributed by atoms with Gasteiger partial charge in [0.05, 0.1) is 17.6 Å². The highest BCUT2D eigenvalue weighted by Crippen LogP contribution is 2.28. The maximum Gasteiger partial charge on any atom is 0.246 e. The van der Waals surface area contributed by atoms with Crippen LogP contribution in [-0.4, -0.2) is 281 Å². The molecule has 1 rings (SSSR count). The first-order chi connectivity index (χ1) is 44.4. The van der Waals surface area contributed by atoms with Gasteiger partial charge in [-0.25, -0.2) is 0 Å². The van der Waals surface area contributed by atoms with Crippen LogP contribution in [0.5, 0.6) is 0 Å². The minimum atomic E-state index is -1.65. The van der Waals surface area contributed by atoms with Gasteiger partial charge in [-0.05, 0) is 123 Å². The average molecular weight is 1400 g/mol. The number of likely N-dealkylation sites (N-methyl/N-ethyl adjacent to an activating group) is 7. The summed E-state index contributed by atoms with van der Waals surface area (Å²) in [6.07, 6.45) is 4.53. The standard InChI is InChI=1S/C69H126N12O13S2/c1-28-30-31-45(13)57(82)56-61(86)72-48(29-2)63(88)79(24)53(38-96-33-32-74(18)19)66(91)78(23)52(37-69(16,17)94-39-95-27)60(85)73-54(43(9)10)67(92)75(20)49(34-40(3)4)59(84)70-46(14)58(83)71-47(15)62(87)76(21)50(35-41(5)6)64(89)77(22)51(36-42(7)8)65(90)80(25)55(44(11)12)68(93)81(56)26/h28,30,40-57,82H,29,31-39H2,1-27H3,(H,70,84)(H,71,83)(H,72,86)(H,73,85)/t45-,46+,47-,48+,49+,50+,51+,52+,53-,54+,55+,56+,57-/m1/s1. The summed E-state index contributed by atoms with van der Waals surface area (Å²) in [7, 11) is 13.8. The van der Waals surface area contributed by atoms with Crippen LogP contribution in [-0.2, 0) is 57.5 Å². The molecule has 5 N–H and O–H groups in total. The van der Waals surface area contributed by atoms with Gasteiger partial charge in [-0.15, -0.1) is 11.8 Å². The van der Waals surface area contributed by atoms with Crippen molar-refractivity contribution in [2.24, 2.45) is 35.5 Å². The van der Waals surface area contributed by atoms with Crippen molar-refractivity contribution >= 4 is 88.5 Å². The summed E-state index contributed by atoms with van der Waals surface area (Å²) >= 11 is 2.80. The van der Waals surface area contributed by atoms with E-state index in [1.807, 2.05) is 79.8 Å². The zero-order chi connectivity index (χ0) is 74.3. The summed E-state index contributed by atoms with van der Waals surface area (Å²) < 4.78 is 6.23. The minimum Gasteiger partial charge on any atom is -0.390 e. The number of ether oxygens (including phenoxy) is 1. The third-order valence-electron chi connectivity index (χ3n) is 17.9. The fraction of sp³-hybridized carbons (Fsp3) is 0.812. The molecular weight excluding hydrogens is 1270 g/mol. The number of thioether (sulfide) groups is 2. The van der Waals surface area contributed by atoms with E-state index in [-0.39, 0.29) is 61.5 Å². The smallest absolute Gasteiger partial charge is 0.246 e. The van der Waals surface area contributed by atoms with Gasteiger partial charge >= 0.3 is 0 Å². The van der Waals surface area contributed by atoms with E-state index >= 15 is 33.6 Å². The third kappa shape index (κ3) is 26.0. The molecule has 0 radical (unpaired) electrons. The molecule has 0 aromatic heterocycles. The lowest BCUT2D eigenvalue weighted by molar-refractivity contribution is -0.157. The van der Waals surface area contributed by atoms with E-state index < -0.39 is 161 Å². The number of carbonyl (C=O) groups is 11. The number of allylic oxidation sites excluding steroid dienone is 2. The molecule has 1 fully saturated rings. The zero-order valence-corrected chi connectivity index (χ0v) is 65.0. The molecule has 0 unspecified atom stereocenters. The first-order valence-electron chi connectivity index (χ1n) is 34.1. The Kier molecular flexibility index (Phi) is 37.9. The number of hydrogen-bond acceptors (Lipinski definition) is 16. The van der Waals surface area contributed by atoms with Crippen molar-refractivity contribution in [3.8, 4) is 0 Å². The van der Waals surface area contributed by atoms with Crippen LogP contribution < -0.4 is 21.3 Å². The highest BCUT2D eigenvalue weighted by atomic mass is 32.2. The fourth-order valence-electron chi connectivity index (χ4n) is 11.7. The van der Waals surface area contributed by atoms with Crippen molar-refractivity contribution < 1.29 is 62.6 Å². The average Bonchev–Trinajstić information content (AvgIpc) is 0.811. The van der Waals surface area contributed by atoms with Crippen molar-refractivity contribution in [1.29, 1.82) is 0 Å². The maximum absolute atomic E-state index is 15.5. The van der Waals surface area contributed by atoms with Gasteiger partial charge in [0.25, 0.3) is 0 Å². The van der Waals surface area contributed by atoms with E-state index in [2.05, 4.69) is 21.3 Å². The molecule has 1 aliphatic heterocycles. The van der Waals surface area contributed by atoms with E-state index in [0.717, 1.165) is 4.90 Å². The van der Waals surface area contributed by atoms with Gasteiger partial charge in [-0.2, -0.15) is 11.8 Å². The van der Waals surface area contributed by atoms with Crippen molar-refractivity contribution in [2.45, 2.75) is 234 Å². The molecule has 13 atom stereocenters. The lowest BCUT2D eigenvalue weighted by atomic mass is 9.91. The molecule has 1 aliphatic rings. The van der Waals surface area contributed by atoms with Crippen LogP contribution in [0.4, 0.5) is 0 Å². The van der Waals surface area contributed by atoms with Gasteiger partial charge in [0.2, 0.25) is 65.0 Å². The third-order valence-corrected chi connectivity index (χ3v) is 19.3. The second-order valence-electron chi connectivity index (χ2n) is 29.1. The molecule has 552 valence electrons. The molecule has 0 spiro atoms. The number of hydrogen-bond donors (Lipinski definition) is 5. The number of amides is 11. The Morgan fingerprint density at radius 1 is 0.542 bits per heavy atom. The predicted molar refractivity (Wildman–Crippen MR) is 382 cm³/mol. The van der Waals surface area contributed by atoms with Crippen molar-refractivity contribution in [1.82, 2.24) is 60.5 Å². The summed E-state index contributed by atoms with van der Waals surface area (Å²) in [5, 5.41) is 23.5. The van der Waals surface area contributed by atoms with Crippen molar-refractivity contribution in [3.63, 3.8) is 0 Å². The van der Waals surface area contributed by atoms with Crippen LogP contribution >= 0.6 is 23.5 Å². The largest absolute Gasteiger partial charge is 0.390 e. The molecule has 96 heavy (non-hydrogen) atoms. The normalized spacial score (nSPS) is 26.2. The second kappa shape index (κ2) is 41.2. The second-order valence-corrected chi connectivity index (χ2v) is 31.0. The molecule has 0 aliphatic carbocycles. The van der Waals surface area contributed by atoms with Gasteiger partial charge < -0.3 is 70.3 Å². The molecule has 0 aromatic carbocycles. The summed E-state index contributed by atoms with van der Waals surface area (Å²) in [6, 6.07) is -14.1. The number of aliphatic hydroxyl groups is 1. The molecule has 1 saturated heterocycles. The quantitative estimate of drug-likeness (QED) is 0.0539. The van der Waals surface area contributed by atoms with Gasteiger partial charge in [0.15, 0.2) is 0 Å². The predicted octanol–water partition coefficient (Wildman–Crippen LogP) is 4.39. The first kappa shape index (κ1) is 88.5. The van der Waals surface area contributed by atoms with E-state index in [1.54, 1.807) is 61.5 Å². The van der Waals surface area contributed by atoms with E-state index in [9.17, 15) is 24.3 Å². The summed E-state index contributed by atoms with van der Waals surface area (Å²) in [6.45, 7) is 30.4. The Hall–Kier alpha value is -5.51. The minimum absolute atomic E-state index is 0.0107. The molecule has 11 amide bonds. The number of rotatable bonds is 23. The van der Waals surface area contributed by atoms with Crippen LogP contribution in [0.2, 0.25) is 0 Å². The number of carbonyl (C=O) groups excluding carboxylic acids is 11. The Balaban J connectivity index is 4.63. The summed E-state index contributed by atoms with van der Waals surface area (Å²) in [5.74, 6) is -9.10. The number of nitrogens with one attached hydrogen (secondary N) is 4. The van der Waals surface area contributed by atoms with Crippen LogP contribution in [0.3, 0.4) is 0 Å². The topological polar surface area (TPSA) is 291 Å². The van der Waals surface area contributed by atoms with E-state index in [0.29, 0.717) is 18.7 Å². The van der Waals surface area contributed by atoms with Gasteiger partial charge in [0.1, 0.15) is 66.5 Å². The van der Waals surface area contributed by atoms with Crippen LogP contribution in [0.25, 0.3) is 0 Å². The number of nitrogens with zero attached hydrogens (tertiary/aromatic N) is 8. The SMILES string of the molecule is CC=CC[C@@H](C)[C@@H](O)[C@H]1C(=O)N[C@@H](CC)C(=O)N(C)[C@H](CSCCN(C)C)C(=O)N(C)[C@@H](CC(C)(C)OCSC)C(=O)N[C@@H](C(C)C)C(=O)N(C)[C@@H](CC(C)C)C(=O)N[C@@H](C)C(=O)N[C@H](C)C(=O)N(C)[C@@H](CC(C)C)C(=O)N(C)[C@@H](CC(C)C)C(=O)N(C)[C@@H](C(C)C)C(=O)N1C. The van der Waals surface area contributed by atoms with Gasteiger partial charge in [0, 0.05) is 73.8 Å². The lowest BCUT2D eigenvalue weighted by Crippen LogP contribution is -2.64. The van der Waals surface area contributed by atoms with E-state index in [4.69, 9.17) is 4.74 Å². The molecule has 27 heteroatoms. The molecule has 1 heterocycles. The monoisotopic (exact) mass is 1390 g/mol. The lowest BCUT2D eigenvalue weighted by Gasteiger charge is -2.41. The van der Waals surface area contributed by atoms with Crippen molar-refractivity contribution in [2.75, 3.05) is 93.7 Å². The summed E-state index contributed by atoms with van der Waals surface area (Å²) in [5.41, 5.74) is -1.05. The Morgan fingerprint density at radius 2 is 0.990 bits per heavy atom. The molecular formula is C69H126N12O13S2. The Morgan fingerprint density at radius 3 is 1.47 bits per heavy atom. The van der Waals surface area contributed by atoms with Crippen LogP contribution in [0.15, 0.2) is 12.2 Å². The molecule has 0 saturated carbocycles. The van der Waals surface area contributed by atoms with Crippen molar-refractivity contribution in [3.05, 3.63) is 12.2 Å². The maximum atomic E-state index is 15.5. The number of aliphatic hydroxyl groups excluding tert-OH is 1. The van der Waals surface area contributed by atoms with Gasteiger partial charge in [-0.1, -0.05) is 95.2 Å². The van der Waals surface area contributed by atoms with Crippen LogP contribution in [0, 0.1) is 35.5 Å². The van der Waals surface area contributed by atoms with Gasteiger partial charge in [-0.3, -0.25) is 52.7 Å².